The molecule has 0 bridgehead atoms. The predicted octanol–water partition coefficient (Wildman–Crippen LogP) is 1.26. The maximum Gasteiger partial charge on any atom is 0.0658 e. The average Bonchev–Trinajstić information content (AvgIpc) is 2.14. The molecule has 0 aromatic carbocycles. The van der Waals surface area contributed by atoms with E-state index in [1.807, 2.05) is 5.41 Å². The lowest BCUT2D eigenvalue weighted by Gasteiger charge is -1.86. The first kappa shape index (κ1) is 5.54. The van der Waals surface area contributed by atoms with Gasteiger partial charge < -0.3 is 5.11 Å². The van der Waals surface area contributed by atoms with E-state index in [1.54, 1.807) is 21.6 Å². The van der Waals surface area contributed by atoms with Crippen molar-refractivity contribution >= 4 is 21.6 Å². The van der Waals surface area contributed by atoms with Crippen LogP contribution in [0, 0.1) is 0 Å². The van der Waals surface area contributed by atoms with Gasteiger partial charge in [-0.2, -0.15) is 0 Å². The molecule has 0 saturated heterocycles. The number of rotatable bonds is 1. The summed E-state index contributed by atoms with van der Waals surface area (Å²) in [5, 5.41) is 10.5. The molecule has 1 heterocycles. The van der Waals surface area contributed by atoms with Crippen LogP contribution in [0.15, 0.2) is 11.0 Å². The summed E-state index contributed by atoms with van der Waals surface area (Å²) in [6.07, 6.45) is 0. The third kappa shape index (κ3) is 1.40. The maximum atomic E-state index is 8.47. The average molecular weight is 134 g/mol. The molecule has 0 amide bonds. The van der Waals surface area contributed by atoms with E-state index in [1.165, 1.54) is 0 Å². The molecule has 0 aliphatic carbocycles. The van der Waals surface area contributed by atoms with Gasteiger partial charge >= 0.3 is 0 Å². The minimum Gasteiger partial charge on any atom is -0.392 e. The van der Waals surface area contributed by atoms with Gasteiger partial charge in [-0.05, 0) is 11.0 Å². The van der Waals surface area contributed by atoms with E-state index >= 15 is 0 Å². The summed E-state index contributed by atoms with van der Waals surface area (Å²) >= 11 is 0. The fourth-order valence-electron chi connectivity index (χ4n) is 0.329. The van der Waals surface area contributed by atoms with Crippen molar-refractivity contribution in [1.29, 1.82) is 0 Å². The molecule has 1 rings (SSSR count). The first-order valence-corrected chi connectivity index (χ1v) is 4.39. The molecular weight excluding hydrogens is 128 g/mol. The SMILES string of the molecule is OCC1=CSSC1. The molecule has 0 fully saturated rings. The Labute approximate surface area is 50.6 Å². The second-order valence-electron chi connectivity index (χ2n) is 1.29. The Kier molecular flexibility index (Phi) is 2.09. The number of hydrogen-bond donors (Lipinski definition) is 1. The van der Waals surface area contributed by atoms with E-state index in [9.17, 15) is 0 Å². The summed E-state index contributed by atoms with van der Waals surface area (Å²) in [4.78, 5) is 0. The van der Waals surface area contributed by atoms with Crippen molar-refractivity contribution in [3.8, 4) is 0 Å². The second kappa shape index (κ2) is 2.64. The van der Waals surface area contributed by atoms with Gasteiger partial charge in [0.25, 0.3) is 0 Å². The smallest absolute Gasteiger partial charge is 0.0658 e. The van der Waals surface area contributed by atoms with Crippen molar-refractivity contribution in [3.05, 3.63) is 11.0 Å². The number of aliphatic hydroxyl groups is 1. The van der Waals surface area contributed by atoms with E-state index < -0.39 is 0 Å². The summed E-state index contributed by atoms with van der Waals surface area (Å²) in [7, 11) is 3.47. The quantitative estimate of drug-likeness (QED) is 0.545. The standard InChI is InChI=1S/C4H6OS2/c5-1-4-2-6-7-3-4/h2,5H,1,3H2. The Bertz CT molecular complexity index is 89.7. The molecule has 0 atom stereocenters. The summed E-state index contributed by atoms with van der Waals surface area (Å²) in [5.74, 6) is 1.00. The topological polar surface area (TPSA) is 20.2 Å². The highest BCUT2D eigenvalue weighted by Gasteiger charge is 2.01. The molecule has 1 aliphatic rings. The summed E-state index contributed by atoms with van der Waals surface area (Å²) in [6, 6.07) is 0. The van der Waals surface area contributed by atoms with Crippen molar-refractivity contribution in [2.45, 2.75) is 0 Å². The predicted molar refractivity (Wildman–Crippen MR) is 35.2 cm³/mol. The Hall–Kier alpha value is 0.400. The van der Waals surface area contributed by atoms with Gasteiger partial charge in [-0.3, -0.25) is 0 Å². The summed E-state index contributed by atoms with van der Waals surface area (Å²) < 4.78 is 0. The maximum absolute atomic E-state index is 8.47. The Balaban J connectivity index is 2.36. The molecule has 0 unspecified atom stereocenters. The van der Waals surface area contributed by atoms with Crippen molar-refractivity contribution in [2.75, 3.05) is 12.4 Å². The minimum absolute atomic E-state index is 0.236. The molecule has 0 aromatic rings. The van der Waals surface area contributed by atoms with Crippen LogP contribution in [-0.4, -0.2) is 17.5 Å². The van der Waals surface area contributed by atoms with Crippen LogP contribution >= 0.6 is 21.6 Å². The van der Waals surface area contributed by atoms with E-state index in [-0.39, 0.29) is 6.61 Å². The van der Waals surface area contributed by atoms with Gasteiger partial charge in [0.05, 0.1) is 6.61 Å². The first-order chi connectivity index (χ1) is 3.43. The molecule has 7 heavy (non-hydrogen) atoms. The zero-order valence-corrected chi connectivity index (χ0v) is 5.39. The molecule has 0 spiro atoms. The summed E-state index contributed by atoms with van der Waals surface area (Å²) in [5.41, 5.74) is 1.15. The van der Waals surface area contributed by atoms with Crippen LogP contribution in [0.2, 0.25) is 0 Å². The van der Waals surface area contributed by atoms with E-state index in [4.69, 9.17) is 5.11 Å². The van der Waals surface area contributed by atoms with Gasteiger partial charge in [-0.15, -0.1) is 0 Å². The number of hydrogen-bond acceptors (Lipinski definition) is 3. The van der Waals surface area contributed by atoms with Crippen LogP contribution in [-0.2, 0) is 0 Å². The van der Waals surface area contributed by atoms with E-state index in [0.717, 1.165) is 11.3 Å². The first-order valence-electron chi connectivity index (χ1n) is 2.00. The monoisotopic (exact) mass is 134 g/mol. The van der Waals surface area contributed by atoms with Gasteiger partial charge in [0.2, 0.25) is 0 Å². The van der Waals surface area contributed by atoms with Crippen LogP contribution < -0.4 is 0 Å². The largest absolute Gasteiger partial charge is 0.392 e. The Morgan fingerprint density at radius 3 is 3.00 bits per heavy atom. The van der Waals surface area contributed by atoms with Crippen molar-refractivity contribution in [2.24, 2.45) is 0 Å². The van der Waals surface area contributed by atoms with Gasteiger partial charge in [-0.1, -0.05) is 21.6 Å². The lowest BCUT2D eigenvalue weighted by atomic mass is 10.4. The van der Waals surface area contributed by atoms with Crippen molar-refractivity contribution < 1.29 is 5.11 Å². The minimum atomic E-state index is 0.236. The third-order valence-corrected chi connectivity index (χ3v) is 2.83. The molecule has 1 aliphatic heterocycles. The van der Waals surface area contributed by atoms with Crippen LogP contribution in [0.3, 0.4) is 0 Å². The lowest BCUT2D eigenvalue weighted by Crippen LogP contribution is -1.86. The second-order valence-corrected chi connectivity index (χ2v) is 3.53. The van der Waals surface area contributed by atoms with Crippen LogP contribution in [0.1, 0.15) is 0 Å². The zero-order valence-electron chi connectivity index (χ0n) is 3.76. The van der Waals surface area contributed by atoms with Crippen LogP contribution in [0.5, 0.6) is 0 Å². The van der Waals surface area contributed by atoms with Gasteiger partial charge in [0, 0.05) is 5.75 Å². The van der Waals surface area contributed by atoms with Gasteiger partial charge in [-0.25, -0.2) is 0 Å². The lowest BCUT2D eigenvalue weighted by molar-refractivity contribution is 0.332. The van der Waals surface area contributed by atoms with Crippen molar-refractivity contribution in [1.82, 2.24) is 0 Å². The molecule has 40 valence electrons. The normalized spacial score (nSPS) is 19.9. The van der Waals surface area contributed by atoms with Gasteiger partial charge in [0.15, 0.2) is 0 Å². The molecular formula is C4H6OS2. The highest BCUT2D eigenvalue weighted by molar-refractivity contribution is 8.78. The Morgan fingerprint density at radius 2 is 2.71 bits per heavy atom. The highest BCUT2D eigenvalue weighted by Crippen LogP contribution is 2.32. The van der Waals surface area contributed by atoms with Gasteiger partial charge in [0.1, 0.15) is 0 Å². The molecule has 0 aromatic heterocycles. The third-order valence-electron chi connectivity index (χ3n) is 0.730. The summed E-state index contributed by atoms with van der Waals surface area (Å²) in [6.45, 7) is 0.236. The molecule has 1 nitrogen and oxygen atoms in total. The zero-order chi connectivity index (χ0) is 5.11. The molecule has 3 heteroatoms. The Morgan fingerprint density at radius 1 is 1.86 bits per heavy atom. The van der Waals surface area contributed by atoms with E-state index in [0.29, 0.717) is 0 Å². The molecule has 0 radical (unpaired) electrons. The number of aliphatic hydroxyl groups excluding tert-OH is 1. The van der Waals surface area contributed by atoms with E-state index in [2.05, 4.69) is 0 Å². The highest BCUT2D eigenvalue weighted by atomic mass is 33.1. The molecule has 0 saturated carbocycles. The fraction of sp³-hybridized carbons (Fsp3) is 0.500. The van der Waals surface area contributed by atoms with Crippen molar-refractivity contribution in [3.63, 3.8) is 0 Å². The van der Waals surface area contributed by atoms with Crippen LogP contribution in [0.25, 0.3) is 0 Å². The van der Waals surface area contributed by atoms with Crippen LogP contribution in [0.4, 0.5) is 0 Å². The molecule has 1 N–H and O–H groups in total. The fourth-order valence-corrected chi connectivity index (χ4v) is 2.46.